The SMILES string of the molecule is COCCCNC(=O)C1CNCc2cccc(Cl)c21. The van der Waals surface area contributed by atoms with Gasteiger partial charge in [0.1, 0.15) is 0 Å². The Bertz CT molecular complexity index is 451. The minimum atomic E-state index is -0.208. The van der Waals surface area contributed by atoms with Crippen LogP contribution in [0.1, 0.15) is 23.5 Å². The number of ether oxygens (including phenoxy) is 1. The Morgan fingerprint density at radius 1 is 1.58 bits per heavy atom. The van der Waals surface area contributed by atoms with Crippen molar-refractivity contribution >= 4 is 17.5 Å². The normalized spacial score (nSPS) is 17.9. The van der Waals surface area contributed by atoms with Gasteiger partial charge in [-0.25, -0.2) is 0 Å². The highest BCUT2D eigenvalue weighted by molar-refractivity contribution is 6.31. The van der Waals surface area contributed by atoms with E-state index in [1.807, 2.05) is 18.2 Å². The molecule has 1 heterocycles. The van der Waals surface area contributed by atoms with E-state index in [9.17, 15) is 4.79 Å². The predicted molar refractivity (Wildman–Crippen MR) is 75.4 cm³/mol. The molecule has 104 valence electrons. The molecule has 0 bridgehead atoms. The highest BCUT2D eigenvalue weighted by atomic mass is 35.5. The highest BCUT2D eigenvalue weighted by Crippen LogP contribution is 2.30. The van der Waals surface area contributed by atoms with Crippen molar-refractivity contribution in [2.24, 2.45) is 0 Å². The van der Waals surface area contributed by atoms with Gasteiger partial charge >= 0.3 is 0 Å². The van der Waals surface area contributed by atoms with Gasteiger partial charge < -0.3 is 15.4 Å². The molecule has 4 nitrogen and oxygen atoms in total. The van der Waals surface area contributed by atoms with Gasteiger partial charge in [0.05, 0.1) is 5.92 Å². The Hall–Kier alpha value is -1.10. The van der Waals surface area contributed by atoms with Crippen LogP contribution in [0.2, 0.25) is 5.02 Å². The van der Waals surface area contributed by atoms with Gasteiger partial charge in [0, 0.05) is 38.4 Å². The second-order valence-electron chi connectivity index (χ2n) is 4.63. The third-order valence-corrected chi connectivity index (χ3v) is 3.63. The lowest BCUT2D eigenvalue weighted by Gasteiger charge is -2.26. The number of amides is 1. The molecule has 0 saturated carbocycles. The van der Waals surface area contributed by atoms with Gasteiger partial charge in [-0.05, 0) is 23.6 Å². The van der Waals surface area contributed by atoms with Crippen LogP contribution in [0.5, 0.6) is 0 Å². The zero-order valence-electron chi connectivity index (χ0n) is 11.0. The van der Waals surface area contributed by atoms with Crippen molar-refractivity contribution in [1.29, 1.82) is 0 Å². The van der Waals surface area contributed by atoms with E-state index < -0.39 is 0 Å². The zero-order valence-corrected chi connectivity index (χ0v) is 11.8. The largest absolute Gasteiger partial charge is 0.385 e. The van der Waals surface area contributed by atoms with Gasteiger partial charge in [0.15, 0.2) is 0 Å². The molecule has 1 aliphatic heterocycles. The molecule has 0 saturated heterocycles. The van der Waals surface area contributed by atoms with E-state index in [0.29, 0.717) is 24.7 Å². The first-order valence-corrected chi connectivity index (χ1v) is 6.86. The number of methoxy groups -OCH3 is 1. The molecule has 1 amide bonds. The van der Waals surface area contributed by atoms with E-state index in [1.165, 1.54) is 0 Å². The fourth-order valence-electron chi connectivity index (χ4n) is 2.35. The lowest BCUT2D eigenvalue weighted by atomic mass is 9.90. The van der Waals surface area contributed by atoms with Crippen LogP contribution < -0.4 is 10.6 Å². The quantitative estimate of drug-likeness (QED) is 0.808. The van der Waals surface area contributed by atoms with Crippen LogP contribution in [-0.2, 0) is 16.1 Å². The smallest absolute Gasteiger partial charge is 0.228 e. The molecule has 0 aliphatic carbocycles. The molecular formula is C14H19ClN2O2. The Balaban J connectivity index is 2.04. The Labute approximate surface area is 118 Å². The molecule has 1 atom stereocenters. The third-order valence-electron chi connectivity index (χ3n) is 3.30. The van der Waals surface area contributed by atoms with Crippen molar-refractivity contribution in [3.05, 3.63) is 34.3 Å². The topological polar surface area (TPSA) is 50.4 Å². The van der Waals surface area contributed by atoms with E-state index in [4.69, 9.17) is 16.3 Å². The molecule has 19 heavy (non-hydrogen) atoms. The first-order chi connectivity index (χ1) is 9.24. The van der Waals surface area contributed by atoms with Crippen molar-refractivity contribution in [2.75, 3.05) is 26.8 Å². The summed E-state index contributed by atoms with van der Waals surface area (Å²) >= 11 is 6.24. The average Bonchev–Trinajstić information content (AvgIpc) is 2.43. The van der Waals surface area contributed by atoms with Crippen molar-refractivity contribution in [2.45, 2.75) is 18.9 Å². The summed E-state index contributed by atoms with van der Waals surface area (Å²) in [6, 6.07) is 5.78. The summed E-state index contributed by atoms with van der Waals surface area (Å²) in [5.41, 5.74) is 2.07. The van der Waals surface area contributed by atoms with Crippen LogP contribution in [0.25, 0.3) is 0 Å². The van der Waals surface area contributed by atoms with E-state index in [-0.39, 0.29) is 11.8 Å². The Morgan fingerprint density at radius 2 is 2.42 bits per heavy atom. The minimum absolute atomic E-state index is 0.0256. The number of carbonyl (C=O) groups is 1. The van der Waals surface area contributed by atoms with E-state index in [1.54, 1.807) is 7.11 Å². The van der Waals surface area contributed by atoms with E-state index in [2.05, 4.69) is 10.6 Å². The average molecular weight is 283 g/mol. The number of hydrogen-bond acceptors (Lipinski definition) is 3. The van der Waals surface area contributed by atoms with Crippen LogP contribution >= 0.6 is 11.6 Å². The summed E-state index contributed by atoms with van der Waals surface area (Å²) in [4.78, 5) is 12.2. The summed E-state index contributed by atoms with van der Waals surface area (Å²) in [5.74, 6) is -0.183. The van der Waals surface area contributed by atoms with Gasteiger partial charge in [0.25, 0.3) is 0 Å². The van der Waals surface area contributed by atoms with Crippen molar-refractivity contribution < 1.29 is 9.53 Å². The molecule has 0 radical (unpaired) electrons. The summed E-state index contributed by atoms with van der Waals surface area (Å²) in [7, 11) is 1.66. The Kier molecular flexibility index (Phi) is 5.19. The number of hydrogen-bond donors (Lipinski definition) is 2. The van der Waals surface area contributed by atoms with Crippen LogP contribution in [0.4, 0.5) is 0 Å². The van der Waals surface area contributed by atoms with Crippen LogP contribution in [0.3, 0.4) is 0 Å². The number of nitrogens with one attached hydrogen (secondary N) is 2. The fraction of sp³-hybridized carbons (Fsp3) is 0.500. The lowest BCUT2D eigenvalue weighted by molar-refractivity contribution is -0.122. The maximum atomic E-state index is 12.2. The number of rotatable bonds is 5. The van der Waals surface area contributed by atoms with Crippen LogP contribution in [0.15, 0.2) is 18.2 Å². The van der Waals surface area contributed by atoms with Gasteiger partial charge in [-0.1, -0.05) is 23.7 Å². The number of halogens is 1. The second kappa shape index (κ2) is 6.89. The van der Waals surface area contributed by atoms with Crippen molar-refractivity contribution in [1.82, 2.24) is 10.6 Å². The minimum Gasteiger partial charge on any atom is -0.385 e. The molecule has 1 unspecified atom stereocenters. The summed E-state index contributed by atoms with van der Waals surface area (Å²) in [5, 5.41) is 6.87. The number of fused-ring (bicyclic) bond motifs is 1. The van der Waals surface area contributed by atoms with Gasteiger partial charge in [-0.15, -0.1) is 0 Å². The third kappa shape index (κ3) is 3.47. The lowest BCUT2D eigenvalue weighted by Crippen LogP contribution is -2.39. The number of benzene rings is 1. The van der Waals surface area contributed by atoms with Gasteiger partial charge in [-0.2, -0.15) is 0 Å². The summed E-state index contributed by atoms with van der Waals surface area (Å²) in [6.07, 6.45) is 0.817. The van der Waals surface area contributed by atoms with Crippen molar-refractivity contribution in [3.63, 3.8) is 0 Å². The summed E-state index contributed by atoms with van der Waals surface area (Å²) in [6.45, 7) is 2.68. The molecule has 1 aliphatic rings. The first-order valence-electron chi connectivity index (χ1n) is 6.48. The standard InChI is InChI=1S/C14H19ClN2O2/c1-19-7-3-6-17-14(18)11-9-16-8-10-4-2-5-12(15)13(10)11/h2,4-5,11,16H,3,6-9H2,1H3,(H,17,18). The van der Waals surface area contributed by atoms with Gasteiger partial charge in [0.2, 0.25) is 5.91 Å². The van der Waals surface area contributed by atoms with E-state index in [0.717, 1.165) is 24.1 Å². The molecule has 0 spiro atoms. The summed E-state index contributed by atoms with van der Waals surface area (Å²) < 4.78 is 4.96. The van der Waals surface area contributed by atoms with Crippen LogP contribution in [0, 0.1) is 0 Å². The molecule has 5 heteroatoms. The predicted octanol–water partition coefficient (Wildman–Crippen LogP) is 1.68. The molecule has 1 aromatic carbocycles. The number of carbonyl (C=O) groups excluding carboxylic acids is 1. The van der Waals surface area contributed by atoms with Gasteiger partial charge in [-0.3, -0.25) is 4.79 Å². The highest BCUT2D eigenvalue weighted by Gasteiger charge is 2.27. The fourth-order valence-corrected chi connectivity index (χ4v) is 2.68. The maximum absolute atomic E-state index is 12.2. The van der Waals surface area contributed by atoms with Crippen LogP contribution in [-0.4, -0.2) is 32.7 Å². The molecule has 2 rings (SSSR count). The monoisotopic (exact) mass is 282 g/mol. The molecular weight excluding hydrogens is 264 g/mol. The second-order valence-corrected chi connectivity index (χ2v) is 5.04. The Morgan fingerprint density at radius 3 is 3.21 bits per heavy atom. The maximum Gasteiger partial charge on any atom is 0.228 e. The molecule has 0 aromatic heterocycles. The van der Waals surface area contributed by atoms with Crippen molar-refractivity contribution in [3.8, 4) is 0 Å². The molecule has 0 fully saturated rings. The molecule has 2 N–H and O–H groups in total. The zero-order chi connectivity index (χ0) is 13.7. The first kappa shape index (κ1) is 14.3. The van der Waals surface area contributed by atoms with E-state index >= 15 is 0 Å². The molecule has 1 aromatic rings.